The van der Waals surface area contributed by atoms with E-state index >= 15 is 0 Å². The number of hydrogen-bond donors (Lipinski definition) is 2. The molecule has 0 amide bonds. The molecule has 4 atom stereocenters. The third kappa shape index (κ3) is 16.9. The van der Waals surface area contributed by atoms with Crippen molar-refractivity contribution in [3.63, 3.8) is 0 Å². The molecule has 0 radical (unpaired) electrons. The summed E-state index contributed by atoms with van der Waals surface area (Å²) in [6.07, 6.45) is 20.7. The topological polar surface area (TPSA) is 93.1 Å². The zero-order valence-electron chi connectivity index (χ0n) is 24.8. The van der Waals surface area contributed by atoms with Gasteiger partial charge in [-0.2, -0.15) is 0 Å². The lowest BCUT2D eigenvalue weighted by Gasteiger charge is -2.24. The Hall–Kier alpha value is -0.980. The van der Waals surface area contributed by atoms with E-state index in [0.717, 1.165) is 83.5 Å². The number of unbranched alkanes of at least 4 members (excludes halogenated alkanes) is 11. The van der Waals surface area contributed by atoms with Gasteiger partial charge < -0.3 is 19.7 Å². The van der Waals surface area contributed by atoms with Crippen LogP contribution < -0.4 is 0 Å². The summed E-state index contributed by atoms with van der Waals surface area (Å²) in [6.45, 7) is 5.16. The molecule has 1 unspecified atom stereocenters. The van der Waals surface area contributed by atoms with Gasteiger partial charge >= 0.3 is 5.97 Å². The standard InChI is InChI=1S/C32H60O6/c1-3-5-7-8-9-10-13-16-24-38-32(36)22-15-12-11-14-20-28-29(21-17-19-27(34)18-6-4-2)31(26-30(28)35)37-25-23-33/h27-29,31,33-34H,3-26H2,1-2H3/t27?,28-,29-,31-/m1/s1. The Bertz CT molecular complexity index is 580. The van der Waals surface area contributed by atoms with Crippen LogP contribution in [0.2, 0.25) is 0 Å². The summed E-state index contributed by atoms with van der Waals surface area (Å²) in [7, 11) is 0. The van der Waals surface area contributed by atoms with E-state index in [2.05, 4.69) is 13.8 Å². The first-order chi connectivity index (χ1) is 18.5. The molecule has 0 aromatic carbocycles. The Labute approximate surface area is 233 Å². The number of ether oxygens (including phenoxy) is 2. The van der Waals surface area contributed by atoms with Crippen molar-refractivity contribution >= 4 is 11.8 Å². The quantitative estimate of drug-likeness (QED) is 0.0882. The second-order valence-electron chi connectivity index (χ2n) is 11.4. The predicted molar refractivity (Wildman–Crippen MR) is 154 cm³/mol. The van der Waals surface area contributed by atoms with Gasteiger partial charge in [0.1, 0.15) is 5.78 Å². The van der Waals surface area contributed by atoms with Crippen LogP contribution in [-0.2, 0) is 19.1 Å². The largest absolute Gasteiger partial charge is 0.466 e. The molecule has 6 nitrogen and oxygen atoms in total. The van der Waals surface area contributed by atoms with E-state index in [1.165, 1.54) is 38.5 Å². The SMILES string of the molecule is CCCCCCCCCCOC(=O)CCCCCC[C@H]1C(=O)C[C@@H](OCCO)[C@@H]1CCCC(O)CCCC. The Morgan fingerprint density at radius 2 is 1.45 bits per heavy atom. The second kappa shape index (κ2) is 23.9. The molecule has 0 aromatic rings. The van der Waals surface area contributed by atoms with Gasteiger partial charge in [-0.1, -0.05) is 97.3 Å². The highest BCUT2D eigenvalue weighted by atomic mass is 16.5. The number of ketones is 1. The summed E-state index contributed by atoms with van der Waals surface area (Å²) in [5.74, 6) is 0.403. The number of rotatable bonds is 26. The van der Waals surface area contributed by atoms with Gasteiger partial charge in [0, 0.05) is 18.8 Å². The van der Waals surface area contributed by atoms with E-state index in [4.69, 9.17) is 9.47 Å². The van der Waals surface area contributed by atoms with Gasteiger partial charge in [-0.05, 0) is 44.4 Å². The molecule has 2 N–H and O–H groups in total. The molecule has 1 saturated carbocycles. The van der Waals surface area contributed by atoms with Gasteiger partial charge in [-0.25, -0.2) is 0 Å². The highest BCUT2D eigenvalue weighted by Crippen LogP contribution is 2.38. The van der Waals surface area contributed by atoms with E-state index in [1.54, 1.807) is 0 Å². The van der Waals surface area contributed by atoms with Crippen LogP contribution in [0.5, 0.6) is 0 Å². The van der Waals surface area contributed by atoms with Crippen LogP contribution in [0.3, 0.4) is 0 Å². The maximum Gasteiger partial charge on any atom is 0.305 e. The summed E-state index contributed by atoms with van der Waals surface area (Å²) < 4.78 is 11.2. The summed E-state index contributed by atoms with van der Waals surface area (Å²) in [4.78, 5) is 24.8. The second-order valence-corrected chi connectivity index (χ2v) is 11.4. The number of aliphatic hydroxyl groups is 2. The number of carbonyl (C=O) groups is 2. The molecule has 1 rings (SSSR count). The van der Waals surface area contributed by atoms with Gasteiger partial charge in [-0.15, -0.1) is 0 Å². The molecular formula is C32H60O6. The van der Waals surface area contributed by atoms with E-state index in [9.17, 15) is 19.8 Å². The van der Waals surface area contributed by atoms with Gasteiger partial charge in [0.05, 0.1) is 32.0 Å². The lowest BCUT2D eigenvalue weighted by Crippen LogP contribution is -2.25. The minimum atomic E-state index is -0.255. The summed E-state index contributed by atoms with van der Waals surface area (Å²) in [5, 5.41) is 19.4. The highest BCUT2D eigenvalue weighted by Gasteiger charge is 2.41. The van der Waals surface area contributed by atoms with Gasteiger partial charge in [-0.3, -0.25) is 9.59 Å². The minimum absolute atomic E-state index is 0.0167. The maximum atomic E-state index is 12.8. The van der Waals surface area contributed by atoms with Crippen molar-refractivity contribution in [2.45, 2.75) is 161 Å². The molecule has 38 heavy (non-hydrogen) atoms. The van der Waals surface area contributed by atoms with Gasteiger partial charge in [0.25, 0.3) is 0 Å². The van der Waals surface area contributed by atoms with Crippen LogP contribution in [0, 0.1) is 11.8 Å². The van der Waals surface area contributed by atoms with Crippen LogP contribution in [0.4, 0.5) is 0 Å². The Morgan fingerprint density at radius 3 is 2.16 bits per heavy atom. The molecule has 0 heterocycles. The molecule has 0 aromatic heterocycles. The lowest BCUT2D eigenvalue weighted by molar-refractivity contribution is -0.143. The Kier molecular flexibility index (Phi) is 22.0. The van der Waals surface area contributed by atoms with E-state index < -0.39 is 0 Å². The fourth-order valence-electron chi connectivity index (χ4n) is 5.80. The normalized spacial score (nSPS) is 20.2. The Balaban J connectivity index is 2.20. The first-order valence-corrected chi connectivity index (χ1v) is 16.1. The van der Waals surface area contributed by atoms with Crippen molar-refractivity contribution in [2.75, 3.05) is 19.8 Å². The molecule has 0 saturated heterocycles. The molecule has 6 heteroatoms. The fourth-order valence-corrected chi connectivity index (χ4v) is 5.80. The molecule has 1 fully saturated rings. The van der Waals surface area contributed by atoms with Crippen LogP contribution in [0.25, 0.3) is 0 Å². The first kappa shape index (κ1) is 35.0. The maximum absolute atomic E-state index is 12.8. The van der Waals surface area contributed by atoms with Crippen molar-refractivity contribution in [3.05, 3.63) is 0 Å². The number of aliphatic hydroxyl groups excluding tert-OH is 2. The fraction of sp³-hybridized carbons (Fsp3) is 0.938. The summed E-state index contributed by atoms with van der Waals surface area (Å²) in [5.41, 5.74) is 0. The highest BCUT2D eigenvalue weighted by molar-refractivity contribution is 5.84. The molecule has 0 aliphatic heterocycles. The van der Waals surface area contributed by atoms with Crippen molar-refractivity contribution in [1.82, 2.24) is 0 Å². The average molecular weight is 541 g/mol. The van der Waals surface area contributed by atoms with Crippen molar-refractivity contribution in [1.29, 1.82) is 0 Å². The smallest absolute Gasteiger partial charge is 0.305 e. The number of Topliss-reactive ketones (excluding diaryl/α,β-unsaturated/α-hetero) is 1. The van der Waals surface area contributed by atoms with Crippen molar-refractivity contribution in [2.24, 2.45) is 11.8 Å². The molecular weight excluding hydrogens is 480 g/mol. The van der Waals surface area contributed by atoms with Gasteiger partial charge in [0.2, 0.25) is 0 Å². The van der Waals surface area contributed by atoms with E-state index in [1.807, 2.05) is 0 Å². The summed E-state index contributed by atoms with van der Waals surface area (Å²) in [6, 6.07) is 0. The van der Waals surface area contributed by atoms with Gasteiger partial charge in [0.15, 0.2) is 0 Å². The summed E-state index contributed by atoms with van der Waals surface area (Å²) >= 11 is 0. The Morgan fingerprint density at radius 1 is 0.816 bits per heavy atom. The first-order valence-electron chi connectivity index (χ1n) is 16.1. The van der Waals surface area contributed by atoms with Crippen LogP contribution in [-0.4, -0.2) is 54.0 Å². The zero-order valence-corrected chi connectivity index (χ0v) is 24.8. The predicted octanol–water partition coefficient (Wildman–Crippen LogP) is 7.32. The zero-order chi connectivity index (χ0) is 27.8. The monoisotopic (exact) mass is 540 g/mol. The molecule has 0 bridgehead atoms. The van der Waals surface area contributed by atoms with Crippen LogP contribution >= 0.6 is 0 Å². The minimum Gasteiger partial charge on any atom is -0.466 e. The number of carbonyl (C=O) groups excluding carboxylic acids is 2. The third-order valence-corrected chi connectivity index (χ3v) is 8.11. The molecule has 1 aliphatic carbocycles. The van der Waals surface area contributed by atoms with Crippen molar-refractivity contribution in [3.8, 4) is 0 Å². The molecule has 224 valence electrons. The van der Waals surface area contributed by atoms with Crippen LogP contribution in [0.15, 0.2) is 0 Å². The lowest BCUT2D eigenvalue weighted by atomic mass is 9.85. The van der Waals surface area contributed by atoms with E-state index in [-0.39, 0.29) is 49.0 Å². The number of hydrogen-bond acceptors (Lipinski definition) is 6. The van der Waals surface area contributed by atoms with Crippen molar-refractivity contribution < 1.29 is 29.3 Å². The number of esters is 1. The average Bonchev–Trinajstić information content (AvgIpc) is 3.20. The molecule has 0 spiro atoms. The van der Waals surface area contributed by atoms with Crippen LogP contribution in [0.1, 0.15) is 149 Å². The van der Waals surface area contributed by atoms with E-state index in [0.29, 0.717) is 19.4 Å². The molecule has 1 aliphatic rings. The third-order valence-electron chi connectivity index (χ3n) is 8.11.